The third kappa shape index (κ3) is 5.14. The first-order chi connectivity index (χ1) is 9.08. The van der Waals surface area contributed by atoms with E-state index in [4.69, 9.17) is 9.47 Å². The van der Waals surface area contributed by atoms with Gasteiger partial charge < -0.3 is 14.6 Å². The maximum Gasteiger partial charge on any atom is 0.123 e. The van der Waals surface area contributed by atoms with Crippen molar-refractivity contribution in [3.63, 3.8) is 0 Å². The van der Waals surface area contributed by atoms with E-state index in [0.29, 0.717) is 31.9 Å². The Hall–Kier alpha value is -1.17. The van der Waals surface area contributed by atoms with Crippen molar-refractivity contribution in [1.29, 1.82) is 0 Å². The lowest BCUT2D eigenvalue weighted by molar-refractivity contribution is 0.0700. The van der Waals surface area contributed by atoms with Gasteiger partial charge in [0, 0.05) is 38.9 Å². The number of rotatable bonds is 8. The van der Waals surface area contributed by atoms with Crippen LogP contribution >= 0.6 is 0 Å². The molecule has 1 N–H and O–H groups in total. The van der Waals surface area contributed by atoms with E-state index in [1.54, 1.807) is 14.2 Å². The van der Waals surface area contributed by atoms with Gasteiger partial charge in [-0.15, -0.1) is 0 Å². The average Bonchev–Trinajstić information content (AvgIpc) is 2.38. The van der Waals surface area contributed by atoms with Crippen LogP contribution in [0.25, 0.3) is 0 Å². The summed E-state index contributed by atoms with van der Waals surface area (Å²) in [6.07, 6.45) is 0. The summed E-state index contributed by atoms with van der Waals surface area (Å²) in [5, 5.41) is 9.77. The predicted molar refractivity (Wildman–Crippen MR) is 71.7 cm³/mol. The highest BCUT2D eigenvalue weighted by atomic mass is 19.1. The molecule has 1 unspecified atom stereocenters. The van der Waals surface area contributed by atoms with Crippen molar-refractivity contribution in [2.45, 2.75) is 19.5 Å². The SMILES string of the molecule is COCCN(Cc1cc(F)ccc1O)C(C)COC. The third-order valence-corrected chi connectivity index (χ3v) is 3.03. The number of hydrogen-bond donors (Lipinski definition) is 1. The Morgan fingerprint density at radius 3 is 2.68 bits per heavy atom. The summed E-state index contributed by atoms with van der Waals surface area (Å²) in [5.74, 6) is -0.243. The molecule has 0 saturated carbocycles. The molecule has 5 heteroatoms. The number of halogens is 1. The standard InChI is InChI=1S/C14H22FNO3/c1-11(10-19-3)16(6-7-18-2)9-12-8-13(15)4-5-14(12)17/h4-5,8,11,17H,6-7,9-10H2,1-3H3. The average molecular weight is 271 g/mol. The lowest BCUT2D eigenvalue weighted by atomic mass is 10.1. The van der Waals surface area contributed by atoms with Gasteiger partial charge in [0.15, 0.2) is 0 Å². The molecule has 0 bridgehead atoms. The number of phenols is 1. The second-order valence-corrected chi connectivity index (χ2v) is 4.54. The van der Waals surface area contributed by atoms with E-state index in [0.717, 1.165) is 0 Å². The van der Waals surface area contributed by atoms with Gasteiger partial charge in [0.2, 0.25) is 0 Å². The second-order valence-electron chi connectivity index (χ2n) is 4.54. The Bertz CT molecular complexity index is 387. The van der Waals surface area contributed by atoms with Crippen molar-refractivity contribution in [3.05, 3.63) is 29.6 Å². The molecule has 0 spiro atoms. The summed E-state index contributed by atoms with van der Waals surface area (Å²) in [5.41, 5.74) is 0.569. The number of nitrogens with zero attached hydrogens (tertiary/aromatic N) is 1. The van der Waals surface area contributed by atoms with Gasteiger partial charge in [0.25, 0.3) is 0 Å². The highest BCUT2D eigenvalue weighted by Gasteiger charge is 2.16. The Morgan fingerprint density at radius 1 is 1.32 bits per heavy atom. The molecule has 0 aliphatic heterocycles. The van der Waals surface area contributed by atoms with Crippen molar-refractivity contribution in [2.75, 3.05) is 34.0 Å². The molecule has 1 aromatic rings. The summed E-state index contributed by atoms with van der Waals surface area (Å²) in [6.45, 7) is 4.31. The highest BCUT2D eigenvalue weighted by molar-refractivity contribution is 5.32. The summed E-state index contributed by atoms with van der Waals surface area (Å²) in [4.78, 5) is 2.08. The first-order valence-electron chi connectivity index (χ1n) is 6.27. The minimum atomic E-state index is -0.348. The molecule has 4 nitrogen and oxygen atoms in total. The van der Waals surface area contributed by atoms with Crippen molar-refractivity contribution in [1.82, 2.24) is 4.90 Å². The lowest BCUT2D eigenvalue weighted by Gasteiger charge is -2.28. The largest absolute Gasteiger partial charge is 0.508 e. The zero-order valence-electron chi connectivity index (χ0n) is 11.7. The van der Waals surface area contributed by atoms with Gasteiger partial charge in [-0.05, 0) is 25.1 Å². The molecule has 108 valence electrons. The first kappa shape index (κ1) is 15.9. The summed E-state index contributed by atoms with van der Waals surface area (Å²) in [7, 11) is 3.28. The van der Waals surface area contributed by atoms with Crippen LogP contribution in [0.4, 0.5) is 4.39 Å². The molecule has 0 heterocycles. The fourth-order valence-electron chi connectivity index (χ4n) is 1.91. The van der Waals surface area contributed by atoms with Gasteiger partial charge in [-0.25, -0.2) is 4.39 Å². The molecule has 0 aromatic heterocycles. The van der Waals surface area contributed by atoms with E-state index in [9.17, 15) is 9.50 Å². The van der Waals surface area contributed by atoms with E-state index in [1.807, 2.05) is 6.92 Å². The Balaban J connectivity index is 2.77. The molecular formula is C14H22FNO3. The van der Waals surface area contributed by atoms with E-state index in [-0.39, 0.29) is 17.6 Å². The molecule has 1 atom stereocenters. The summed E-state index contributed by atoms with van der Waals surface area (Å²) >= 11 is 0. The maximum absolute atomic E-state index is 13.2. The van der Waals surface area contributed by atoms with Crippen LogP contribution in [0, 0.1) is 5.82 Å². The van der Waals surface area contributed by atoms with E-state index in [1.165, 1.54) is 18.2 Å². The number of benzene rings is 1. The zero-order chi connectivity index (χ0) is 14.3. The van der Waals surface area contributed by atoms with Crippen LogP contribution in [0.1, 0.15) is 12.5 Å². The zero-order valence-corrected chi connectivity index (χ0v) is 11.7. The molecule has 0 radical (unpaired) electrons. The monoisotopic (exact) mass is 271 g/mol. The van der Waals surface area contributed by atoms with Crippen molar-refractivity contribution in [3.8, 4) is 5.75 Å². The van der Waals surface area contributed by atoms with Crippen LogP contribution < -0.4 is 0 Å². The van der Waals surface area contributed by atoms with Crippen LogP contribution in [0.5, 0.6) is 5.75 Å². The van der Waals surface area contributed by atoms with Gasteiger partial charge in [0.1, 0.15) is 11.6 Å². The quantitative estimate of drug-likeness (QED) is 0.785. The molecule has 1 aromatic carbocycles. The fraction of sp³-hybridized carbons (Fsp3) is 0.571. The predicted octanol–water partition coefficient (Wildman–Crippen LogP) is 2.01. The number of hydrogen-bond acceptors (Lipinski definition) is 4. The summed E-state index contributed by atoms with van der Waals surface area (Å²) < 4.78 is 23.4. The van der Waals surface area contributed by atoms with Crippen LogP contribution in [0.3, 0.4) is 0 Å². The number of methoxy groups -OCH3 is 2. The first-order valence-corrected chi connectivity index (χ1v) is 6.27. The molecule has 19 heavy (non-hydrogen) atoms. The Morgan fingerprint density at radius 2 is 2.05 bits per heavy atom. The van der Waals surface area contributed by atoms with Crippen LogP contribution in [-0.2, 0) is 16.0 Å². The second kappa shape index (κ2) is 8.09. The van der Waals surface area contributed by atoms with Gasteiger partial charge in [-0.1, -0.05) is 0 Å². The van der Waals surface area contributed by atoms with Crippen LogP contribution in [0.2, 0.25) is 0 Å². The highest BCUT2D eigenvalue weighted by Crippen LogP contribution is 2.20. The van der Waals surface area contributed by atoms with Crippen molar-refractivity contribution >= 4 is 0 Å². The van der Waals surface area contributed by atoms with Gasteiger partial charge >= 0.3 is 0 Å². The molecule has 1 rings (SSSR count). The van der Waals surface area contributed by atoms with E-state index in [2.05, 4.69) is 4.90 Å². The lowest BCUT2D eigenvalue weighted by Crippen LogP contribution is -2.38. The van der Waals surface area contributed by atoms with Gasteiger partial charge in [0.05, 0.1) is 13.2 Å². The summed E-state index contributed by atoms with van der Waals surface area (Å²) in [6, 6.07) is 4.13. The molecule has 0 amide bonds. The molecule has 0 saturated heterocycles. The Labute approximate surface area is 113 Å². The number of aromatic hydroxyl groups is 1. The Kier molecular flexibility index (Phi) is 6.77. The van der Waals surface area contributed by atoms with Crippen molar-refractivity contribution in [2.24, 2.45) is 0 Å². The third-order valence-electron chi connectivity index (χ3n) is 3.03. The van der Waals surface area contributed by atoms with E-state index >= 15 is 0 Å². The molecule has 0 aliphatic rings. The van der Waals surface area contributed by atoms with E-state index < -0.39 is 0 Å². The van der Waals surface area contributed by atoms with Crippen molar-refractivity contribution < 1.29 is 19.0 Å². The smallest absolute Gasteiger partial charge is 0.123 e. The maximum atomic E-state index is 13.2. The minimum absolute atomic E-state index is 0.105. The van der Waals surface area contributed by atoms with Gasteiger partial charge in [-0.2, -0.15) is 0 Å². The minimum Gasteiger partial charge on any atom is -0.508 e. The van der Waals surface area contributed by atoms with Crippen LogP contribution in [0.15, 0.2) is 18.2 Å². The number of ether oxygens (including phenoxy) is 2. The molecule has 0 fully saturated rings. The molecular weight excluding hydrogens is 249 g/mol. The normalized spacial score (nSPS) is 12.9. The topological polar surface area (TPSA) is 41.9 Å². The molecule has 0 aliphatic carbocycles. The fourth-order valence-corrected chi connectivity index (χ4v) is 1.91. The number of phenolic OH excluding ortho intramolecular Hbond substituents is 1. The van der Waals surface area contributed by atoms with Crippen LogP contribution in [-0.4, -0.2) is 50.0 Å². The van der Waals surface area contributed by atoms with Gasteiger partial charge in [-0.3, -0.25) is 4.90 Å².